The minimum absolute atomic E-state index is 0. The van der Waals surface area contributed by atoms with Crippen LogP contribution in [0.1, 0.15) is 42.5 Å². The lowest BCUT2D eigenvalue weighted by Crippen LogP contribution is -2.42. The number of carbonyl (C=O) groups is 2. The van der Waals surface area contributed by atoms with E-state index in [0.29, 0.717) is 11.6 Å². The summed E-state index contributed by atoms with van der Waals surface area (Å²) in [6, 6.07) is 6.10. The molecule has 2 aliphatic rings. The standard InChI is InChI=1S/C17H21FN2O2.ClH/c18-13-3-1-12(2-4-13)16(21)7-8-17(22)20-14-5-6-15(20)11-19-10-9-14;/h1-4,14-15,19H,5-11H2;1H. The van der Waals surface area contributed by atoms with Crippen molar-refractivity contribution in [3.8, 4) is 0 Å². The van der Waals surface area contributed by atoms with Gasteiger partial charge in [-0.3, -0.25) is 9.59 Å². The highest BCUT2D eigenvalue weighted by Gasteiger charge is 2.37. The molecule has 0 aliphatic carbocycles. The van der Waals surface area contributed by atoms with Gasteiger partial charge < -0.3 is 10.2 Å². The minimum atomic E-state index is -0.360. The van der Waals surface area contributed by atoms with Gasteiger partial charge in [0.2, 0.25) is 5.91 Å². The van der Waals surface area contributed by atoms with E-state index in [0.717, 1.165) is 32.4 Å². The fourth-order valence-electron chi connectivity index (χ4n) is 3.52. The molecule has 4 nitrogen and oxygen atoms in total. The third kappa shape index (κ3) is 4.09. The number of nitrogens with zero attached hydrogens (tertiary/aromatic N) is 1. The molecule has 126 valence electrons. The Morgan fingerprint density at radius 1 is 1.09 bits per heavy atom. The van der Waals surface area contributed by atoms with Crippen molar-refractivity contribution in [2.45, 2.75) is 44.2 Å². The molecule has 0 spiro atoms. The van der Waals surface area contributed by atoms with Gasteiger partial charge in [-0.2, -0.15) is 0 Å². The third-order valence-corrected chi connectivity index (χ3v) is 4.67. The van der Waals surface area contributed by atoms with E-state index in [1.807, 2.05) is 4.90 Å². The van der Waals surface area contributed by atoms with Gasteiger partial charge in [0.1, 0.15) is 5.82 Å². The Labute approximate surface area is 141 Å². The molecule has 3 rings (SSSR count). The second-order valence-corrected chi connectivity index (χ2v) is 6.11. The lowest BCUT2D eigenvalue weighted by Gasteiger charge is -2.27. The van der Waals surface area contributed by atoms with Gasteiger partial charge in [-0.25, -0.2) is 4.39 Å². The molecule has 1 N–H and O–H groups in total. The van der Waals surface area contributed by atoms with Crippen LogP contribution in [-0.2, 0) is 4.79 Å². The number of rotatable bonds is 4. The van der Waals surface area contributed by atoms with Gasteiger partial charge in [0.05, 0.1) is 0 Å². The van der Waals surface area contributed by atoms with Crippen molar-refractivity contribution in [3.63, 3.8) is 0 Å². The average molecular weight is 341 g/mol. The number of benzene rings is 1. The number of carbonyl (C=O) groups excluding carboxylic acids is 2. The normalized spacial score (nSPS) is 23.1. The van der Waals surface area contributed by atoms with Crippen molar-refractivity contribution in [2.75, 3.05) is 13.1 Å². The van der Waals surface area contributed by atoms with E-state index in [1.165, 1.54) is 24.3 Å². The number of amides is 1. The molecule has 2 atom stereocenters. The van der Waals surface area contributed by atoms with Gasteiger partial charge in [0.15, 0.2) is 5.78 Å². The first-order chi connectivity index (χ1) is 10.6. The van der Waals surface area contributed by atoms with E-state index < -0.39 is 0 Å². The lowest BCUT2D eigenvalue weighted by atomic mass is 10.1. The average Bonchev–Trinajstić information content (AvgIpc) is 2.78. The first-order valence-corrected chi connectivity index (χ1v) is 7.96. The van der Waals surface area contributed by atoms with E-state index in [9.17, 15) is 14.0 Å². The summed E-state index contributed by atoms with van der Waals surface area (Å²) in [6.45, 7) is 1.81. The Bertz CT molecular complexity index is 550. The Hall–Kier alpha value is -1.46. The van der Waals surface area contributed by atoms with Crippen molar-refractivity contribution < 1.29 is 14.0 Å². The Morgan fingerprint density at radius 2 is 1.78 bits per heavy atom. The predicted octanol–water partition coefficient (Wildman–Crippen LogP) is 2.56. The predicted molar refractivity (Wildman–Crippen MR) is 88.4 cm³/mol. The molecule has 1 amide bonds. The molecular weight excluding hydrogens is 319 g/mol. The quantitative estimate of drug-likeness (QED) is 0.857. The SMILES string of the molecule is Cl.O=C(CCC(=O)N1C2CCNCC1CC2)c1ccc(F)cc1. The van der Waals surface area contributed by atoms with Gasteiger partial charge in [0.25, 0.3) is 0 Å². The summed E-state index contributed by atoms with van der Waals surface area (Å²) in [5, 5.41) is 3.36. The number of fused-ring (bicyclic) bond motifs is 2. The number of ketones is 1. The molecule has 2 fully saturated rings. The summed E-state index contributed by atoms with van der Waals surface area (Å²) in [6.07, 6.45) is 3.55. The van der Waals surface area contributed by atoms with Crippen LogP contribution in [0.4, 0.5) is 4.39 Å². The van der Waals surface area contributed by atoms with Crippen molar-refractivity contribution in [1.29, 1.82) is 0 Å². The van der Waals surface area contributed by atoms with Crippen LogP contribution in [0.15, 0.2) is 24.3 Å². The summed E-state index contributed by atoms with van der Waals surface area (Å²) >= 11 is 0. The van der Waals surface area contributed by atoms with Crippen LogP contribution in [0.25, 0.3) is 0 Å². The number of halogens is 2. The molecule has 2 saturated heterocycles. The number of hydrogen-bond donors (Lipinski definition) is 1. The molecule has 1 aromatic rings. The Balaban J connectivity index is 0.00000192. The highest BCUT2D eigenvalue weighted by molar-refractivity contribution is 5.98. The van der Waals surface area contributed by atoms with E-state index in [1.54, 1.807) is 0 Å². The molecule has 2 aliphatic heterocycles. The summed E-state index contributed by atoms with van der Waals surface area (Å²) in [4.78, 5) is 26.6. The van der Waals surface area contributed by atoms with Crippen LogP contribution < -0.4 is 5.32 Å². The van der Waals surface area contributed by atoms with Crippen LogP contribution >= 0.6 is 12.4 Å². The molecule has 2 heterocycles. The number of nitrogens with one attached hydrogen (secondary N) is 1. The summed E-state index contributed by atoms with van der Waals surface area (Å²) in [5.41, 5.74) is 0.467. The van der Waals surface area contributed by atoms with E-state index in [4.69, 9.17) is 0 Å². The highest BCUT2D eigenvalue weighted by atomic mass is 35.5. The van der Waals surface area contributed by atoms with Crippen LogP contribution in [0.2, 0.25) is 0 Å². The molecule has 23 heavy (non-hydrogen) atoms. The largest absolute Gasteiger partial charge is 0.335 e. The molecule has 0 aromatic heterocycles. The van der Waals surface area contributed by atoms with E-state index >= 15 is 0 Å². The maximum atomic E-state index is 12.9. The first kappa shape index (κ1) is 17.9. The summed E-state index contributed by atoms with van der Waals surface area (Å²) in [7, 11) is 0. The second-order valence-electron chi connectivity index (χ2n) is 6.11. The van der Waals surface area contributed by atoms with Crippen LogP contribution in [0.3, 0.4) is 0 Å². The molecule has 1 aromatic carbocycles. The van der Waals surface area contributed by atoms with Crippen molar-refractivity contribution in [1.82, 2.24) is 10.2 Å². The molecule has 0 saturated carbocycles. The molecule has 0 radical (unpaired) electrons. The van der Waals surface area contributed by atoms with Crippen molar-refractivity contribution in [3.05, 3.63) is 35.6 Å². The summed E-state index contributed by atoms with van der Waals surface area (Å²) in [5.74, 6) is -0.387. The fourth-order valence-corrected chi connectivity index (χ4v) is 3.52. The topological polar surface area (TPSA) is 49.4 Å². The maximum absolute atomic E-state index is 12.9. The zero-order valence-electron chi connectivity index (χ0n) is 13.0. The van der Waals surface area contributed by atoms with Gasteiger partial charge in [-0.05, 0) is 50.1 Å². The molecule has 2 unspecified atom stereocenters. The second kappa shape index (κ2) is 7.88. The Morgan fingerprint density at radius 3 is 2.52 bits per heavy atom. The van der Waals surface area contributed by atoms with Gasteiger partial charge in [0, 0.05) is 37.0 Å². The van der Waals surface area contributed by atoms with E-state index in [-0.39, 0.29) is 48.8 Å². The van der Waals surface area contributed by atoms with Crippen molar-refractivity contribution in [2.24, 2.45) is 0 Å². The molecule has 6 heteroatoms. The molecular formula is C17H22ClFN2O2. The lowest BCUT2D eigenvalue weighted by molar-refractivity contribution is -0.133. The number of Topliss-reactive ketones (excluding diaryl/α,β-unsaturated/α-hetero) is 1. The monoisotopic (exact) mass is 340 g/mol. The number of hydrogen-bond acceptors (Lipinski definition) is 3. The Kier molecular flexibility index (Phi) is 6.13. The zero-order chi connectivity index (χ0) is 15.5. The van der Waals surface area contributed by atoms with E-state index in [2.05, 4.69) is 5.32 Å². The van der Waals surface area contributed by atoms with Crippen molar-refractivity contribution >= 4 is 24.1 Å². The molecule has 2 bridgehead atoms. The maximum Gasteiger partial charge on any atom is 0.223 e. The summed E-state index contributed by atoms with van der Waals surface area (Å²) < 4.78 is 12.9. The van der Waals surface area contributed by atoms with Crippen LogP contribution in [0.5, 0.6) is 0 Å². The highest BCUT2D eigenvalue weighted by Crippen LogP contribution is 2.28. The van der Waals surface area contributed by atoms with Gasteiger partial charge in [-0.15, -0.1) is 12.4 Å². The first-order valence-electron chi connectivity index (χ1n) is 7.96. The third-order valence-electron chi connectivity index (χ3n) is 4.67. The van der Waals surface area contributed by atoms with Crippen LogP contribution in [-0.4, -0.2) is 41.8 Å². The smallest absolute Gasteiger partial charge is 0.223 e. The zero-order valence-corrected chi connectivity index (χ0v) is 13.8. The van der Waals surface area contributed by atoms with Gasteiger partial charge >= 0.3 is 0 Å². The van der Waals surface area contributed by atoms with Gasteiger partial charge in [-0.1, -0.05) is 0 Å². The minimum Gasteiger partial charge on any atom is -0.335 e. The fraction of sp³-hybridized carbons (Fsp3) is 0.529. The van der Waals surface area contributed by atoms with Crippen LogP contribution in [0, 0.1) is 5.82 Å².